The Balaban J connectivity index is 1.75. The van der Waals surface area contributed by atoms with E-state index in [-0.39, 0.29) is 0 Å². The van der Waals surface area contributed by atoms with Crippen LogP contribution < -0.4 is 5.32 Å². The van der Waals surface area contributed by atoms with Gasteiger partial charge < -0.3 is 15.0 Å². The van der Waals surface area contributed by atoms with Gasteiger partial charge in [0.05, 0.1) is 12.6 Å². The molecule has 3 rings (SSSR count). The van der Waals surface area contributed by atoms with Crippen LogP contribution in [0.15, 0.2) is 42.5 Å². The standard InChI is InChI=1S/C21H26N2O/c1-14-9-10-15(2)20(11-14)22-12-18(24)13-23-17(4)16(3)19-7-5-6-8-21(19)23/h5-11,18,22,24H,12-13H2,1-4H3/t18-/m1/s1. The molecule has 0 bridgehead atoms. The van der Waals surface area contributed by atoms with Gasteiger partial charge in [-0.1, -0.05) is 30.3 Å². The molecule has 3 nitrogen and oxygen atoms in total. The highest BCUT2D eigenvalue weighted by molar-refractivity contribution is 5.85. The van der Waals surface area contributed by atoms with Crippen LogP contribution in [0.5, 0.6) is 0 Å². The fraction of sp³-hybridized carbons (Fsp3) is 0.333. The zero-order valence-electron chi connectivity index (χ0n) is 14.9. The predicted molar refractivity (Wildman–Crippen MR) is 102 cm³/mol. The van der Waals surface area contributed by atoms with Gasteiger partial charge in [-0.2, -0.15) is 0 Å². The molecule has 0 unspecified atom stereocenters. The van der Waals surface area contributed by atoms with Crippen molar-refractivity contribution in [2.24, 2.45) is 0 Å². The molecule has 126 valence electrons. The quantitative estimate of drug-likeness (QED) is 0.733. The molecule has 0 aliphatic rings. The second-order valence-electron chi connectivity index (χ2n) is 6.69. The van der Waals surface area contributed by atoms with Gasteiger partial charge in [-0.25, -0.2) is 0 Å². The van der Waals surface area contributed by atoms with Gasteiger partial charge in [0.2, 0.25) is 0 Å². The molecular formula is C21H26N2O. The Morgan fingerprint density at radius 3 is 2.58 bits per heavy atom. The topological polar surface area (TPSA) is 37.2 Å². The van der Waals surface area contributed by atoms with E-state index in [1.54, 1.807) is 0 Å². The third-order valence-electron chi connectivity index (χ3n) is 4.86. The van der Waals surface area contributed by atoms with E-state index >= 15 is 0 Å². The molecule has 0 saturated carbocycles. The summed E-state index contributed by atoms with van der Waals surface area (Å²) in [5.74, 6) is 0. The molecule has 0 amide bonds. The highest BCUT2D eigenvalue weighted by atomic mass is 16.3. The van der Waals surface area contributed by atoms with Crippen molar-refractivity contribution < 1.29 is 5.11 Å². The van der Waals surface area contributed by atoms with Crippen molar-refractivity contribution in [3.05, 3.63) is 64.8 Å². The van der Waals surface area contributed by atoms with Gasteiger partial charge in [0, 0.05) is 28.8 Å². The van der Waals surface area contributed by atoms with E-state index in [0.29, 0.717) is 13.1 Å². The Morgan fingerprint density at radius 1 is 1.04 bits per heavy atom. The number of rotatable bonds is 5. The Labute approximate surface area is 143 Å². The van der Waals surface area contributed by atoms with E-state index in [0.717, 1.165) is 5.69 Å². The highest BCUT2D eigenvalue weighted by Crippen LogP contribution is 2.25. The summed E-state index contributed by atoms with van der Waals surface area (Å²) in [6, 6.07) is 14.7. The number of para-hydroxylation sites is 1. The third-order valence-corrected chi connectivity index (χ3v) is 4.86. The van der Waals surface area contributed by atoms with Crippen molar-refractivity contribution in [1.82, 2.24) is 4.57 Å². The Kier molecular flexibility index (Phi) is 4.63. The maximum absolute atomic E-state index is 10.5. The van der Waals surface area contributed by atoms with E-state index in [1.807, 2.05) is 0 Å². The van der Waals surface area contributed by atoms with Crippen LogP contribution in [0.1, 0.15) is 22.4 Å². The maximum Gasteiger partial charge on any atom is 0.0891 e. The van der Waals surface area contributed by atoms with Crippen LogP contribution in [0.3, 0.4) is 0 Å². The van der Waals surface area contributed by atoms with Crippen molar-refractivity contribution in [3.63, 3.8) is 0 Å². The van der Waals surface area contributed by atoms with Crippen molar-refractivity contribution in [2.75, 3.05) is 11.9 Å². The average molecular weight is 322 g/mol. The van der Waals surface area contributed by atoms with Gasteiger partial charge in [0.25, 0.3) is 0 Å². The number of aliphatic hydroxyl groups excluding tert-OH is 1. The number of hydrogen-bond acceptors (Lipinski definition) is 2. The van der Waals surface area contributed by atoms with Crippen LogP contribution in [0.2, 0.25) is 0 Å². The van der Waals surface area contributed by atoms with E-state index in [1.165, 1.54) is 33.3 Å². The molecule has 1 heterocycles. The number of nitrogens with one attached hydrogen (secondary N) is 1. The first-order chi connectivity index (χ1) is 11.5. The Morgan fingerprint density at radius 2 is 1.79 bits per heavy atom. The van der Waals surface area contributed by atoms with Crippen molar-refractivity contribution in [2.45, 2.75) is 40.3 Å². The van der Waals surface area contributed by atoms with Gasteiger partial charge in [0.15, 0.2) is 0 Å². The minimum atomic E-state index is -0.446. The monoisotopic (exact) mass is 322 g/mol. The molecule has 2 aromatic carbocycles. The molecule has 0 aliphatic heterocycles. The molecule has 0 spiro atoms. The lowest BCUT2D eigenvalue weighted by atomic mass is 10.1. The van der Waals surface area contributed by atoms with Crippen LogP contribution in [0, 0.1) is 27.7 Å². The summed E-state index contributed by atoms with van der Waals surface area (Å²) in [4.78, 5) is 0. The molecule has 3 aromatic rings. The molecular weight excluding hydrogens is 296 g/mol. The number of hydrogen-bond donors (Lipinski definition) is 2. The fourth-order valence-electron chi connectivity index (χ4n) is 3.27. The van der Waals surface area contributed by atoms with Gasteiger partial charge in [-0.3, -0.25) is 0 Å². The maximum atomic E-state index is 10.5. The van der Waals surface area contributed by atoms with E-state index in [9.17, 15) is 5.11 Å². The summed E-state index contributed by atoms with van der Waals surface area (Å²) < 4.78 is 2.22. The Bertz CT molecular complexity index is 864. The van der Waals surface area contributed by atoms with Crippen LogP contribution in [-0.2, 0) is 6.54 Å². The summed E-state index contributed by atoms with van der Waals surface area (Å²) in [5.41, 5.74) is 7.23. The fourth-order valence-corrected chi connectivity index (χ4v) is 3.27. The first-order valence-corrected chi connectivity index (χ1v) is 8.51. The molecule has 0 saturated heterocycles. The first kappa shape index (κ1) is 16.6. The summed E-state index contributed by atoms with van der Waals surface area (Å²) in [6.45, 7) is 9.57. The van der Waals surface area contributed by atoms with Crippen LogP contribution in [0.4, 0.5) is 5.69 Å². The first-order valence-electron chi connectivity index (χ1n) is 8.51. The van der Waals surface area contributed by atoms with E-state index < -0.39 is 6.10 Å². The van der Waals surface area contributed by atoms with Gasteiger partial charge >= 0.3 is 0 Å². The molecule has 3 heteroatoms. The van der Waals surface area contributed by atoms with Crippen LogP contribution in [0.25, 0.3) is 10.9 Å². The van der Waals surface area contributed by atoms with Gasteiger partial charge in [-0.15, -0.1) is 0 Å². The van der Waals surface area contributed by atoms with E-state index in [2.05, 4.69) is 80.0 Å². The lowest BCUT2D eigenvalue weighted by Gasteiger charge is -2.17. The van der Waals surface area contributed by atoms with Crippen molar-refractivity contribution >= 4 is 16.6 Å². The van der Waals surface area contributed by atoms with Gasteiger partial charge in [0.1, 0.15) is 0 Å². The lowest BCUT2D eigenvalue weighted by Crippen LogP contribution is -2.25. The minimum Gasteiger partial charge on any atom is -0.389 e. The Hall–Kier alpha value is -2.26. The molecule has 1 atom stereocenters. The minimum absolute atomic E-state index is 0.446. The second kappa shape index (κ2) is 6.70. The second-order valence-corrected chi connectivity index (χ2v) is 6.69. The normalized spacial score (nSPS) is 12.5. The molecule has 2 N–H and O–H groups in total. The largest absolute Gasteiger partial charge is 0.389 e. The molecule has 0 fully saturated rings. The van der Waals surface area contributed by atoms with Gasteiger partial charge in [-0.05, 0) is 56.5 Å². The summed E-state index contributed by atoms with van der Waals surface area (Å²) in [7, 11) is 0. The predicted octanol–water partition coefficient (Wildman–Crippen LogP) is 4.35. The van der Waals surface area contributed by atoms with Crippen LogP contribution >= 0.6 is 0 Å². The van der Waals surface area contributed by atoms with Crippen molar-refractivity contribution in [1.29, 1.82) is 0 Å². The number of fused-ring (bicyclic) bond motifs is 1. The zero-order valence-corrected chi connectivity index (χ0v) is 14.9. The van der Waals surface area contributed by atoms with Crippen LogP contribution in [-0.4, -0.2) is 22.3 Å². The number of anilines is 1. The summed E-state index contributed by atoms with van der Waals surface area (Å²) in [5, 5.41) is 15.2. The SMILES string of the molecule is Cc1ccc(C)c(NC[C@@H](O)Cn2c(C)c(C)c3ccccc32)c1. The summed E-state index contributed by atoms with van der Waals surface area (Å²) in [6.07, 6.45) is -0.446. The third kappa shape index (κ3) is 3.17. The van der Waals surface area contributed by atoms with E-state index in [4.69, 9.17) is 0 Å². The number of nitrogens with zero attached hydrogens (tertiary/aromatic N) is 1. The highest BCUT2D eigenvalue weighted by Gasteiger charge is 2.13. The van der Waals surface area contributed by atoms with Crippen molar-refractivity contribution in [3.8, 4) is 0 Å². The lowest BCUT2D eigenvalue weighted by molar-refractivity contribution is 0.167. The molecule has 24 heavy (non-hydrogen) atoms. The zero-order chi connectivity index (χ0) is 17.3. The molecule has 1 aromatic heterocycles. The smallest absolute Gasteiger partial charge is 0.0891 e. The number of aryl methyl sites for hydroxylation is 3. The number of aromatic nitrogens is 1. The number of aliphatic hydroxyl groups is 1. The molecule has 0 aliphatic carbocycles. The average Bonchev–Trinajstić information content (AvgIpc) is 2.81. The molecule has 0 radical (unpaired) electrons. The summed E-state index contributed by atoms with van der Waals surface area (Å²) >= 11 is 0. The number of benzene rings is 2.